The summed E-state index contributed by atoms with van der Waals surface area (Å²) in [5.74, 6) is -0.674. The van der Waals surface area contributed by atoms with Crippen LogP contribution in [0, 0.1) is 11.7 Å². The van der Waals surface area contributed by atoms with Crippen LogP contribution < -0.4 is 4.72 Å². The third kappa shape index (κ3) is 3.91. The van der Waals surface area contributed by atoms with Gasteiger partial charge in [0.15, 0.2) is 0 Å². The first-order valence-electron chi connectivity index (χ1n) is 6.51. The molecule has 7 heteroatoms. The lowest BCUT2D eigenvalue weighted by Gasteiger charge is -2.25. The van der Waals surface area contributed by atoms with Crippen LogP contribution in [0.5, 0.6) is 0 Å². The van der Waals surface area contributed by atoms with Crippen molar-refractivity contribution in [1.82, 2.24) is 4.72 Å². The van der Waals surface area contributed by atoms with Crippen molar-refractivity contribution < 1.29 is 17.9 Å². The molecule has 4 nitrogen and oxygen atoms in total. The van der Waals surface area contributed by atoms with Gasteiger partial charge in [0.2, 0.25) is 10.0 Å². The number of hydrogen-bond acceptors (Lipinski definition) is 3. The minimum Gasteiger partial charge on any atom is -0.393 e. The molecule has 0 spiro atoms. The average molecular weight is 322 g/mol. The van der Waals surface area contributed by atoms with E-state index in [0.717, 1.165) is 25.0 Å². The Labute approximate surface area is 123 Å². The molecule has 1 aliphatic carbocycles. The van der Waals surface area contributed by atoms with Crippen LogP contribution in [0.15, 0.2) is 23.1 Å². The highest BCUT2D eigenvalue weighted by Crippen LogP contribution is 2.24. The zero-order valence-corrected chi connectivity index (χ0v) is 12.4. The standard InChI is InChI=1S/C13H17ClFNO3S/c14-10-3-6-13(12(15)7-10)20(18,19)16-8-9-1-4-11(17)5-2-9/h3,6-7,9,11,16-17H,1-2,4-5,8H2. The maximum absolute atomic E-state index is 13.6. The number of hydrogen-bond donors (Lipinski definition) is 2. The largest absolute Gasteiger partial charge is 0.393 e. The lowest BCUT2D eigenvalue weighted by Crippen LogP contribution is -2.32. The Morgan fingerprint density at radius 1 is 1.30 bits per heavy atom. The summed E-state index contributed by atoms with van der Waals surface area (Å²) >= 11 is 5.60. The number of benzene rings is 1. The van der Waals surface area contributed by atoms with Crippen LogP contribution in [0.1, 0.15) is 25.7 Å². The van der Waals surface area contributed by atoms with Crippen LogP contribution in [-0.4, -0.2) is 26.2 Å². The Hall–Kier alpha value is -0.690. The van der Waals surface area contributed by atoms with E-state index >= 15 is 0 Å². The summed E-state index contributed by atoms with van der Waals surface area (Å²) in [4.78, 5) is -0.391. The maximum atomic E-state index is 13.6. The second-order valence-electron chi connectivity index (χ2n) is 5.10. The molecule has 1 saturated carbocycles. The van der Waals surface area contributed by atoms with E-state index in [-0.39, 0.29) is 23.6 Å². The first-order valence-corrected chi connectivity index (χ1v) is 8.37. The lowest BCUT2D eigenvalue weighted by atomic mass is 9.88. The van der Waals surface area contributed by atoms with Gasteiger partial charge >= 0.3 is 0 Å². The van der Waals surface area contributed by atoms with Crippen molar-refractivity contribution in [3.05, 3.63) is 29.0 Å². The van der Waals surface area contributed by atoms with Gasteiger partial charge < -0.3 is 5.11 Å². The highest BCUT2D eigenvalue weighted by atomic mass is 35.5. The number of sulfonamides is 1. The molecule has 1 aromatic rings. The second kappa shape index (κ2) is 6.39. The van der Waals surface area contributed by atoms with Crippen LogP contribution in [0.25, 0.3) is 0 Å². The van der Waals surface area contributed by atoms with E-state index in [4.69, 9.17) is 11.6 Å². The Bertz CT molecular complexity index is 571. The number of aliphatic hydroxyl groups is 1. The number of halogens is 2. The third-order valence-corrected chi connectivity index (χ3v) is 5.25. The predicted octanol–water partition coefficient (Wildman–Crippen LogP) is 2.31. The molecule has 0 amide bonds. The minimum atomic E-state index is -3.87. The Balaban J connectivity index is 2.00. The van der Waals surface area contributed by atoms with E-state index in [1.807, 2.05) is 0 Å². The van der Waals surface area contributed by atoms with Gasteiger partial charge in [0.25, 0.3) is 0 Å². The third-order valence-electron chi connectivity index (χ3n) is 3.56. The normalized spacial score (nSPS) is 23.8. The van der Waals surface area contributed by atoms with Crippen LogP contribution in [0.2, 0.25) is 5.02 Å². The summed E-state index contributed by atoms with van der Waals surface area (Å²) < 4.78 is 40.1. The van der Waals surface area contributed by atoms with Crippen LogP contribution >= 0.6 is 11.6 Å². The van der Waals surface area contributed by atoms with E-state index in [1.54, 1.807) is 0 Å². The molecule has 0 radical (unpaired) electrons. The van der Waals surface area contributed by atoms with Crippen molar-refractivity contribution in [3.8, 4) is 0 Å². The molecule has 2 rings (SSSR count). The molecule has 0 heterocycles. The zero-order chi connectivity index (χ0) is 14.8. The van der Waals surface area contributed by atoms with Gasteiger partial charge in [-0.2, -0.15) is 0 Å². The number of aliphatic hydroxyl groups excluding tert-OH is 1. The second-order valence-corrected chi connectivity index (χ2v) is 7.27. The van der Waals surface area contributed by atoms with Crippen molar-refractivity contribution in [3.63, 3.8) is 0 Å². The van der Waals surface area contributed by atoms with Gasteiger partial charge in [-0.15, -0.1) is 0 Å². The molecule has 0 aliphatic heterocycles. The maximum Gasteiger partial charge on any atom is 0.243 e. The fraction of sp³-hybridized carbons (Fsp3) is 0.538. The zero-order valence-electron chi connectivity index (χ0n) is 10.9. The van der Waals surface area contributed by atoms with Gasteiger partial charge in [0, 0.05) is 11.6 Å². The van der Waals surface area contributed by atoms with Gasteiger partial charge in [-0.1, -0.05) is 11.6 Å². The van der Waals surface area contributed by atoms with Crippen LogP contribution in [0.4, 0.5) is 4.39 Å². The topological polar surface area (TPSA) is 66.4 Å². The molecule has 0 unspecified atom stereocenters. The summed E-state index contributed by atoms with van der Waals surface area (Å²) in [5, 5.41) is 9.55. The first kappa shape index (κ1) is 15.7. The van der Waals surface area contributed by atoms with Gasteiger partial charge in [-0.05, 0) is 49.8 Å². The lowest BCUT2D eigenvalue weighted by molar-refractivity contribution is 0.109. The van der Waals surface area contributed by atoms with Gasteiger partial charge in [-0.25, -0.2) is 17.5 Å². The van der Waals surface area contributed by atoms with Crippen LogP contribution in [-0.2, 0) is 10.0 Å². The number of nitrogens with one attached hydrogen (secondary N) is 1. The fourth-order valence-electron chi connectivity index (χ4n) is 2.35. The molecule has 0 bridgehead atoms. The molecule has 20 heavy (non-hydrogen) atoms. The van der Waals surface area contributed by atoms with Gasteiger partial charge in [0.1, 0.15) is 10.7 Å². The Kier molecular flexibility index (Phi) is 5.01. The summed E-state index contributed by atoms with van der Waals surface area (Å²) in [5.41, 5.74) is 0. The van der Waals surface area contributed by atoms with Crippen molar-refractivity contribution in [2.75, 3.05) is 6.54 Å². The molecule has 1 fully saturated rings. The van der Waals surface area contributed by atoms with E-state index in [2.05, 4.69) is 4.72 Å². The van der Waals surface area contributed by atoms with E-state index < -0.39 is 20.7 Å². The highest BCUT2D eigenvalue weighted by molar-refractivity contribution is 7.89. The van der Waals surface area contributed by atoms with Gasteiger partial charge in [-0.3, -0.25) is 0 Å². The van der Waals surface area contributed by atoms with Crippen molar-refractivity contribution in [1.29, 1.82) is 0 Å². The average Bonchev–Trinajstić information content (AvgIpc) is 2.37. The van der Waals surface area contributed by atoms with Crippen LogP contribution in [0.3, 0.4) is 0 Å². The summed E-state index contributed by atoms with van der Waals surface area (Å²) in [7, 11) is -3.87. The molecule has 2 N–H and O–H groups in total. The minimum absolute atomic E-state index is 0.155. The molecular formula is C13H17ClFNO3S. The molecule has 0 saturated heterocycles. The predicted molar refractivity (Wildman–Crippen MR) is 74.6 cm³/mol. The Morgan fingerprint density at radius 3 is 2.55 bits per heavy atom. The number of rotatable bonds is 4. The fourth-order valence-corrected chi connectivity index (χ4v) is 3.68. The van der Waals surface area contributed by atoms with E-state index in [9.17, 15) is 17.9 Å². The Morgan fingerprint density at radius 2 is 1.95 bits per heavy atom. The van der Waals surface area contributed by atoms with Crippen molar-refractivity contribution in [2.24, 2.45) is 5.92 Å². The molecule has 0 aromatic heterocycles. The summed E-state index contributed by atoms with van der Waals surface area (Å²) in [6.45, 7) is 0.261. The molecule has 1 aliphatic rings. The van der Waals surface area contributed by atoms with E-state index in [0.29, 0.717) is 12.8 Å². The van der Waals surface area contributed by atoms with Crippen molar-refractivity contribution in [2.45, 2.75) is 36.7 Å². The van der Waals surface area contributed by atoms with Gasteiger partial charge in [0.05, 0.1) is 6.10 Å². The monoisotopic (exact) mass is 321 g/mol. The van der Waals surface area contributed by atoms with E-state index in [1.165, 1.54) is 6.07 Å². The molecule has 0 atom stereocenters. The van der Waals surface area contributed by atoms with Crippen molar-refractivity contribution >= 4 is 21.6 Å². The molecule has 112 valence electrons. The summed E-state index contributed by atoms with van der Waals surface area (Å²) in [6, 6.07) is 3.48. The summed E-state index contributed by atoms with van der Waals surface area (Å²) in [6.07, 6.45) is 2.62. The first-order chi connectivity index (χ1) is 9.38. The SMILES string of the molecule is O=S(=O)(NCC1CCC(O)CC1)c1ccc(Cl)cc1F. The smallest absolute Gasteiger partial charge is 0.243 e. The highest BCUT2D eigenvalue weighted by Gasteiger charge is 2.23. The quantitative estimate of drug-likeness (QED) is 0.894. The molecule has 1 aromatic carbocycles. The molecular weight excluding hydrogens is 305 g/mol.